The molecule has 0 aromatic carbocycles. The minimum Gasteiger partial charge on any atom is -0.333 e. The fourth-order valence-electron chi connectivity index (χ4n) is 0. The molecule has 6 heavy (non-hydrogen) atoms. The Morgan fingerprint density at radius 2 is 2.00 bits per heavy atom. The summed E-state index contributed by atoms with van der Waals surface area (Å²) >= 11 is 2.53. The number of allylic oxidation sites excluding steroid dienone is 1. The first kappa shape index (κ1) is 9.55. The Labute approximate surface area is 47.1 Å². The van der Waals surface area contributed by atoms with Crippen LogP contribution in [0.3, 0.4) is 0 Å². The van der Waals surface area contributed by atoms with E-state index >= 15 is 0 Å². The average molecular weight is 122 g/mol. The monoisotopic (exact) mass is 122 g/mol. The van der Waals surface area contributed by atoms with Crippen LogP contribution in [0.4, 0.5) is 0 Å². The highest BCUT2D eigenvalue weighted by molar-refractivity contribution is 7.74. The van der Waals surface area contributed by atoms with E-state index in [-0.39, 0.29) is 0 Å². The lowest BCUT2D eigenvalue weighted by molar-refractivity contribution is 0.679. The van der Waals surface area contributed by atoms with E-state index in [9.17, 15) is 0 Å². The SMILES string of the molecule is C=CC[SiH3].OS. The summed E-state index contributed by atoms with van der Waals surface area (Å²) in [5.74, 6) is 0. The third-order valence-corrected chi connectivity index (χ3v) is 0.866. The van der Waals surface area contributed by atoms with E-state index in [0.29, 0.717) is 0 Å². The van der Waals surface area contributed by atoms with Crippen molar-refractivity contribution in [3.63, 3.8) is 0 Å². The van der Waals surface area contributed by atoms with Gasteiger partial charge in [0.1, 0.15) is 0 Å². The van der Waals surface area contributed by atoms with E-state index < -0.39 is 0 Å². The summed E-state index contributed by atoms with van der Waals surface area (Å²) in [7, 11) is 1.27. The molecule has 0 fully saturated rings. The third kappa shape index (κ3) is 28.4. The Morgan fingerprint density at radius 3 is 2.00 bits per heavy atom. The summed E-state index contributed by atoms with van der Waals surface area (Å²) in [5.41, 5.74) is 0. The molecule has 0 bridgehead atoms. The molecule has 0 saturated heterocycles. The first-order chi connectivity index (χ1) is 2.91. The molecule has 0 rings (SSSR count). The molecule has 0 saturated carbocycles. The van der Waals surface area contributed by atoms with Crippen molar-refractivity contribution in [2.45, 2.75) is 6.04 Å². The van der Waals surface area contributed by atoms with E-state index in [1.165, 1.54) is 16.3 Å². The maximum Gasteiger partial charge on any atom is 0.00753 e. The Kier molecular flexibility index (Phi) is 29.7. The summed E-state index contributed by atoms with van der Waals surface area (Å²) in [6.07, 6.45) is 1.94. The molecule has 38 valence electrons. The van der Waals surface area contributed by atoms with Crippen molar-refractivity contribution in [1.29, 1.82) is 0 Å². The molecule has 0 aromatic heterocycles. The maximum absolute atomic E-state index is 6.69. The van der Waals surface area contributed by atoms with Gasteiger partial charge < -0.3 is 4.55 Å². The topological polar surface area (TPSA) is 20.2 Å². The third-order valence-electron chi connectivity index (χ3n) is 0.289. The van der Waals surface area contributed by atoms with Crippen LogP contribution >= 0.6 is 12.9 Å². The van der Waals surface area contributed by atoms with Crippen LogP contribution in [0.1, 0.15) is 0 Å². The van der Waals surface area contributed by atoms with Crippen molar-refractivity contribution < 1.29 is 4.55 Å². The van der Waals surface area contributed by atoms with Gasteiger partial charge in [-0.2, -0.15) is 0 Å². The van der Waals surface area contributed by atoms with Crippen LogP contribution in [0.2, 0.25) is 6.04 Å². The fourth-order valence-corrected chi connectivity index (χ4v) is 0. The second-order valence-electron chi connectivity index (χ2n) is 0.697. The van der Waals surface area contributed by atoms with E-state index in [1.807, 2.05) is 6.08 Å². The summed E-state index contributed by atoms with van der Waals surface area (Å²) in [6.45, 7) is 3.51. The molecule has 0 aliphatic heterocycles. The van der Waals surface area contributed by atoms with Crippen LogP contribution < -0.4 is 0 Å². The quantitative estimate of drug-likeness (QED) is 0.222. The molecular weight excluding hydrogens is 112 g/mol. The van der Waals surface area contributed by atoms with Crippen LogP contribution in [-0.2, 0) is 0 Å². The predicted molar refractivity (Wildman–Crippen MR) is 36.6 cm³/mol. The van der Waals surface area contributed by atoms with E-state index in [1.54, 1.807) is 0 Å². The van der Waals surface area contributed by atoms with Crippen LogP contribution in [0, 0.1) is 0 Å². The fraction of sp³-hybridized carbons (Fsp3) is 0.333. The highest BCUT2D eigenvalue weighted by Crippen LogP contribution is 1.61. The second-order valence-corrected chi connectivity index (χ2v) is 1.51. The van der Waals surface area contributed by atoms with Crippen molar-refractivity contribution >= 4 is 23.2 Å². The molecule has 0 radical (unpaired) electrons. The van der Waals surface area contributed by atoms with Crippen molar-refractivity contribution in [2.24, 2.45) is 0 Å². The van der Waals surface area contributed by atoms with Gasteiger partial charge >= 0.3 is 0 Å². The average Bonchev–Trinajstić information content (AvgIpc) is 1.72. The van der Waals surface area contributed by atoms with Gasteiger partial charge in [0, 0.05) is 10.2 Å². The summed E-state index contributed by atoms with van der Waals surface area (Å²) in [5, 5.41) is 0. The van der Waals surface area contributed by atoms with E-state index in [4.69, 9.17) is 4.55 Å². The van der Waals surface area contributed by atoms with Gasteiger partial charge in [0.05, 0.1) is 0 Å². The molecule has 0 aliphatic carbocycles. The number of hydrogen-bond donors (Lipinski definition) is 2. The summed E-state index contributed by atoms with van der Waals surface area (Å²) in [6, 6.07) is 1.22. The molecule has 1 N–H and O–H groups in total. The Balaban J connectivity index is 0. The van der Waals surface area contributed by atoms with Crippen molar-refractivity contribution in [1.82, 2.24) is 0 Å². The van der Waals surface area contributed by atoms with Crippen molar-refractivity contribution in [3.05, 3.63) is 12.7 Å². The van der Waals surface area contributed by atoms with E-state index in [2.05, 4.69) is 19.5 Å². The van der Waals surface area contributed by atoms with Gasteiger partial charge in [-0.1, -0.05) is 6.08 Å². The lowest BCUT2D eigenvalue weighted by Gasteiger charge is -1.57. The highest BCUT2D eigenvalue weighted by atomic mass is 32.1. The normalized spacial score (nSPS) is 5.67. The van der Waals surface area contributed by atoms with Crippen molar-refractivity contribution in [2.75, 3.05) is 0 Å². The minimum atomic E-state index is 1.22. The first-order valence-corrected chi connectivity index (χ1v) is 3.54. The molecule has 0 aromatic rings. The molecule has 3 heteroatoms. The van der Waals surface area contributed by atoms with Gasteiger partial charge in [-0.05, 0) is 19.0 Å². The highest BCUT2D eigenvalue weighted by Gasteiger charge is 1.46. The van der Waals surface area contributed by atoms with Crippen LogP contribution in [-0.4, -0.2) is 14.8 Å². The van der Waals surface area contributed by atoms with Crippen molar-refractivity contribution in [3.8, 4) is 0 Å². The van der Waals surface area contributed by atoms with E-state index in [0.717, 1.165) is 0 Å². The molecular formula is C3H10OSSi. The molecule has 0 aliphatic rings. The smallest absolute Gasteiger partial charge is 0.00753 e. The van der Waals surface area contributed by atoms with Crippen LogP contribution in [0.15, 0.2) is 12.7 Å². The zero-order chi connectivity index (χ0) is 5.41. The molecule has 1 nitrogen and oxygen atoms in total. The largest absolute Gasteiger partial charge is 0.333 e. The standard InChI is InChI=1S/C3H8Si.H2OS/c1-2-3-4;1-2/h2H,1,3H2,4H3;1-2H. The predicted octanol–water partition coefficient (Wildman–Crippen LogP) is 0.345. The Morgan fingerprint density at radius 1 is 1.83 bits per heavy atom. The van der Waals surface area contributed by atoms with Gasteiger partial charge in [0.15, 0.2) is 0 Å². The van der Waals surface area contributed by atoms with Crippen LogP contribution in [0.5, 0.6) is 0 Å². The second kappa shape index (κ2) is 18.7. The summed E-state index contributed by atoms with van der Waals surface area (Å²) < 4.78 is 6.69. The van der Waals surface area contributed by atoms with Gasteiger partial charge in [-0.3, -0.25) is 0 Å². The lowest BCUT2D eigenvalue weighted by Crippen LogP contribution is -1.47. The van der Waals surface area contributed by atoms with Gasteiger partial charge in [-0.15, -0.1) is 6.58 Å². The maximum atomic E-state index is 6.69. The zero-order valence-electron chi connectivity index (χ0n) is 3.89. The van der Waals surface area contributed by atoms with Gasteiger partial charge in [0.25, 0.3) is 0 Å². The number of rotatable bonds is 1. The molecule has 0 unspecified atom stereocenters. The number of hydrogen-bond acceptors (Lipinski definition) is 2. The number of thiol groups is 1. The Hall–Kier alpha value is 0.267. The zero-order valence-corrected chi connectivity index (χ0v) is 6.78. The molecule has 0 atom stereocenters. The molecule has 0 heterocycles. The van der Waals surface area contributed by atoms with Gasteiger partial charge in [0.2, 0.25) is 0 Å². The first-order valence-electron chi connectivity index (χ1n) is 1.72. The molecule has 0 amide bonds. The van der Waals surface area contributed by atoms with Crippen LogP contribution in [0.25, 0.3) is 0 Å². The van der Waals surface area contributed by atoms with Gasteiger partial charge in [-0.25, -0.2) is 0 Å². The Bertz CT molecular complexity index is 24.8. The molecule has 0 spiro atoms. The summed E-state index contributed by atoms with van der Waals surface area (Å²) in [4.78, 5) is 0. The minimum absolute atomic E-state index is 1.22. The lowest BCUT2D eigenvalue weighted by atomic mass is 10.8.